The summed E-state index contributed by atoms with van der Waals surface area (Å²) < 4.78 is 15.0. The van der Waals surface area contributed by atoms with Gasteiger partial charge in [0.2, 0.25) is 0 Å². The average Bonchev–Trinajstić information content (AvgIpc) is 2.51. The molecule has 0 unspecified atom stereocenters. The summed E-state index contributed by atoms with van der Waals surface area (Å²) in [6, 6.07) is 4.10. The minimum Gasteiger partial charge on any atom is -0.271 e. The predicted molar refractivity (Wildman–Crippen MR) is 58.5 cm³/mol. The van der Waals surface area contributed by atoms with E-state index in [-0.39, 0.29) is 5.82 Å². The Morgan fingerprint density at radius 3 is 2.87 bits per heavy atom. The van der Waals surface area contributed by atoms with E-state index in [0.29, 0.717) is 21.3 Å². The van der Waals surface area contributed by atoms with Crippen LogP contribution in [0.1, 0.15) is 5.82 Å². The first-order valence-corrected chi connectivity index (χ1v) is 4.97. The Morgan fingerprint density at radius 1 is 1.53 bits per heavy atom. The quantitative estimate of drug-likeness (QED) is 0.781. The van der Waals surface area contributed by atoms with Gasteiger partial charge in [0.1, 0.15) is 11.6 Å². The largest absolute Gasteiger partial charge is 0.271 e. The Labute approximate surface area is 95.5 Å². The number of halogens is 2. The van der Waals surface area contributed by atoms with Crippen LogP contribution in [0.3, 0.4) is 0 Å². The highest BCUT2D eigenvalue weighted by Gasteiger charge is 2.08. The number of aromatic nitrogens is 3. The average molecular weight is 244 g/mol. The summed E-state index contributed by atoms with van der Waals surface area (Å²) in [7, 11) is 0. The molecule has 0 spiro atoms. The van der Waals surface area contributed by atoms with E-state index >= 15 is 0 Å². The molecule has 0 amide bonds. The van der Waals surface area contributed by atoms with Crippen LogP contribution in [0.2, 0.25) is 5.02 Å². The standard InChI is InChI=1S/C9H7ClFN3S/c1-5-12-13-9(15)14(5)8-4-6(11)2-3-7(8)10/h2-4H,1H3,(H,13,15). The molecular formula is C9H7ClFN3S. The molecule has 0 radical (unpaired) electrons. The number of rotatable bonds is 1. The number of H-pyrrole nitrogens is 1. The summed E-state index contributed by atoms with van der Waals surface area (Å²) in [5, 5.41) is 6.97. The van der Waals surface area contributed by atoms with Gasteiger partial charge >= 0.3 is 0 Å². The molecule has 2 aromatic rings. The molecule has 15 heavy (non-hydrogen) atoms. The Hall–Kier alpha value is -1.20. The first-order valence-electron chi connectivity index (χ1n) is 4.19. The zero-order valence-electron chi connectivity index (χ0n) is 7.79. The zero-order chi connectivity index (χ0) is 11.0. The summed E-state index contributed by atoms with van der Waals surface area (Å²) in [5.74, 6) is 0.268. The molecule has 6 heteroatoms. The van der Waals surface area contributed by atoms with Gasteiger partial charge in [-0.25, -0.2) is 4.39 Å². The number of hydrogen-bond acceptors (Lipinski definition) is 2. The molecule has 0 fully saturated rings. The summed E-state index contributed by atoms with van der Waals surface area (Å²) >= 11 is 11.0. The van der Waals surface area contributed by atoms with Gasteiger partial charge in [0.15, 0.2) is 4.77 Å². The van der Waals surface area contributed by atoms with Crippen LogP contribution in [0.4, 0.5) is 4.39 Å². The number of nitrogens with zero attached hydrogens (tertiary/aromatic N) is 2. The zero-order valence-corrected chi connectivity index (χ0v) is 9.36. The molecule has 1 heterocycles. The first kappa shape index (κ1) is 10.3. The van der Waals surface area contributed by atoms with Crippen LogP contribution < -0.4 is 0 Å². The highest BCUT2D eigenvalue weighted by Crippen LogP contribution is 2.22. The molecule has 0 aliphatic heterocycles. The third-order valence-electron chi connectivity index (χ3n) is 1.99. The molecule has 0 aliphatic rings. The third kappa shape index (κ3) is 1.80. The lowest BCUT2D eigenvalue weighted by molar-refractivity contribution is 0.626. The normalized spacial score (nSPS) is 10.6. The lowest BCUT2D eigenvalue weighted by Gasteiger charge is -2.06. The monoisotopic (exact) mass is 243 g/mol. The number of nitrogens with one attached hydrogen (secondary N) is 1. The Bertz CT molecular complexity index is 561. The molecule has 0 bridgehead atoms. The van der Waals surface area contributed by atoms with E-state index in [1.165, 1.54) is 18.2 Å². The maximum atomic E-state index is 13.1. The van der Waals surface area contributed by atoms with E-state index < -0.39 is 0 Å². The molecule has 2 rings (SSSR count). The van der Waals surface area contributed by atoms with E-state index in [1.807, 2.05) is 0 Å². The van der Waals surface area contributed by atoms with Crippen LogP contribution in [0.25, 0.3) is 5.69 Å². The second-order valence-electron chi connectivity index (χ2n) is 3.01. The molecule has 0 aliphatic carbocycles. The van der Waals surface area contributed by atoms with Gasteiger partial charge in [-0.2, -0.15) is 5.10 Å². The molecule has 3 nitrogen and oxygen atoms in total. The molecular weight excluding hydrogens is 237 g/mol. The van der Waals surface area contributed by atoms with Crippen LogP contribution >= 0.6 is 23.8 Å². The Morgan fingerprint density at radius 2 is 2.27 bits per heavy atom. The van der Waals surface area contributed by atoms with Gasteiger partial charge in [0.25, 0.3) is 0 Å². The van der Waals surface area contributed by atoms with Gasteiger partial charge in [-0.1, -0.05) is 11.6 Å². The van der Waals surface area contributed by atoms with Crippen LogP contribution in [-0.2, 0) is 0 Å². The molecule has 0 atom stereocenters. The smallest absolute Gasteiger partial charge is 0.199 e. The fourth-order valence-electron chi connectivity index (χ4n) is 1.32. The van der Waals surface area contributed by atoms with E-state index in [9.17, 15) is 4.39 Å². The van der Waals surface area contributed by atoms with E-state index in [2.05, 4.69) is 10.2 Å². The van der Waals surface area contributed by atoms with E-state index in [4.69, 9.17) is 23.8 Å². The Kier molecular flexibility index (Phi) is 2.58. The van der Waals surface area contributed by atoms with Gasteiger partial charge in [0.05, 0.1) is 10.7 Å². The van der Waals surface area contributed by atoms with Gasteiger partial charge in [-0.15, -0.1) is 0 Å². The minimum absolute atomic E-state index is 0.364. The second-order valence-corrected chi connectivity index (χ2v) is 3.80. The lowest BCUT2D eigenvalue weighted by Crippen LogP contribution is -1.98. The van der Waals surface area contributed by atoms with Crippen molar-refractivity contribution in [1.82, 2.24) is 14.8 Å². The van der Waals surface area contributed by atoms with Gasteiger partial charge in [-0.3, -0.25) is 9.67 Å². The second kappa shape index (κ2) is 3.75. The van der Waals surface area contributed by atoms with Crippen molar-refractivity contribution < 1.29 is 4.39 Å². The molecule has 0 saturated heterocycles. The van der Waals surface area contributed by atoms with Crippen molar-refractivity contribution in [2.75, 3.05) is 0 Å². The molecule has 1 aromatic heterocycles. The van der Waals surface area contributed by atoms with Crippen molar-refractivity contribution in [3.63, 3.8) is 0 Å². The number of aromatic amines is 1. The van der Waals surface area contributed by atoms with Crippen molar-refractivity contribution in [3.05, 3.63) is 39.6 Å². The SMILES string of the molecule is Cc1n[nH]c(=S)n1-c1cc(F)ccc1Cl. The van der Waals surface area contributed by atoms with Crippen molar-refractivity contribution in [3.8, 4) is 5.69 Å². The number of hydrogen-bond donors (Lipinski definition) is 1. The van der Waals surface area contributed by atoms with Crippen molar-refractivity contribution in [2.45, 2.75) is 6.92 Å². The summed E-state index contributed by atoms with van der Waals surface area (Å²) in [6.45, 7) is 1.76. The Balaban J connectivity index is 2.74. The summed E-state index contributed by atoms with van der Waals surface area (Å²) in [6.07, 6.45) is 0. The fourth-order valence-corrected chi connectivity index (χ4v) is 1.79. The molecule has 0 saturated carbocycles. The van der Waals surface area contributed by atoms with Crippen LogP contribution in [0.15, 0.2) is 18.2 Å². The lowest BCUT2D eigenvalue weighted by atomic mass is 10.3. The van der Waals surface area contributed by atoms with Crippen LogP contribution in [-0.4, -0.2) is 14.8 Å². The van der Waals surface area contributed by atoms with E-state index in [1.54, 1.807) is 11.5 Å². The van der Waals surface area contributed by atoms with Gasteiger partial charge in [0, 0.05) is 0 Å². The summed E-state index contributed by atoms with van der Waals surface area (Å²) in [4.78, 5) is 0. The van der Waals surface area contributed by atoms with Crippen molar-refractivity contribution in [1.29, 1.82) is 0 Å². The van der Waals surface area contributed by atoms with Crippen LogP contribution in [0, 0.1) is 17.5 Å². The highest BCUT2D eigenvalue weighted by molar-refractivity contribution is 7.71. The maximum Gasteiger partial charge on any atom is 0.199 e. The topological polar surface area (TPSA) is 33.6 Å². The maximum absolute atomic E-state index is 13.1. The predicted octanol–water partition coefficient (Wildman–Crippen LogP) is 3.03. The van der Waals surface area contributed by atoms with Crippen molar-refractivity contribution >= 4 is 23.8 Å². The fraction of sp³-hybridized carbons (Fsp3) is 0.111. The molecule has 1 N–H and O–H groups in total. The first-order chi connectivity index (χ1) is 7.09. The number of aryl methyl sites for hydroxylation is 1. The molecule has 78 valence electrons. The van der Waals surface area contributed by atoms with Gasteiger partial charge < -0.3 is 0 Å². The highest BCUT2D eigenvalue weighted by atomic mass is 35.5. The third-order valence-corrected chi connectivity index (χ3v) is 2.58. The number of benzene rings is 1. The minimum atomic E-state index is -0.364. The summed E-state index contributed by atoms with van der Waals surface area (Å²) in [5.41, 5.74) is 0.493. The molecule has 1 aromatic carbocycles. The van der Waals surface area contributed by atoms with Crippen molar-refractivity contribution in [2.24, 2.45) is 0 Å². The van der Waals surface area contributed by atoms with Crippen LogP contribution in [0.5, 0.6) is 0 Å². The van der Waals surface area contributed by atoms with E-state index in [0.717, 1.165) is 0 Å². The van der Waals surface area contributed by atoms with Gasteiger partial charge in [-0.05, 0) is 37.3 Å².